The molecule has 1 heterocycles. The molecule has 0 radical (unpaired) electrons. The van der Waals surface area contributed by atoms with Gasteiger partial charge in [-0.15, -0.1) is 0 Å². The van der Waals surface area contributed by atoms with E-state index in [4.69, 9.17) is 9.15 Å². The minimum atomic E-state index is -0.432. The van der Waals surface area contributed by atoms with Gasteiger partial charge in [-0.05, 0) is 55.8 Å². The molecule has 1 N–H and O–H groups in total. The van der Waals surface area contributed by atoms with Crippen molar-refractivity contribution in [1.82, 2.24) is 0 Å². The summed E-state index contributed by atoms with van der Waals surface area (Å²) >= 11 is 0. The summed E-state index contributed by atoms with van der Waals surface area (Å²) in [5.74, 6) is 0.0455. The molecule has 0 bridgehead atoms. The molecule has 3 rings (SSSR count). The minimum absolute atomic E-state index is 0.0376. The van der Waals surface area contributed by atoms with E-state index < -0.39 is 5.63 Å². The van der Waals surface area contributed by atoms with Crippen LogP contribution in [-0.4, -0.2) is 18.3 Å². The van der Waals surface area contributed by atoms with Gasteiger partial charge in [0.15, 0.2) is 12.4 Å². The Morgan fingerprint density at radius 1 is 1.08 bits per heavy atom. The molecule has 0 saturated carbocycles. The fourth-order valence-electron chi connectivity index (χ4n) is 2.53. The molecule has 0 atom stereocenters. The van der Waals surface area contributed by atoms with Gasteiger partial charge in [0, 0.05) is 28.8 Å². The lowest BCUT2D eigenvalue weighted by molar-refractivity contribution is -0.118. The Balaban J connectivity index is 1.64. The Kier molecular flexibility index (Phi) is 4.84. The van der Waals surface area contributed by atoms with Crippen molar-refractivity contribution >= 4 is 28.3 Å². The summed E-state index contributed by atoms with van der Waals surface area (Å²) in [4.78, 5) is 34.7. The number of Topliss-reactive ketones (excluding diaryl/α,β-unsaturated/α-hetero) is 1. The minimum Gasteiger partial charge on any atom is -0.484 e. The largest absolute Gasteiger partial charge is 0.484 e. The zero-order valence-electron chi connectivity index (χ0n) is 14.4. The molecule has 3 aromatic rings. The molecule has 0 spiro atoms. The molecule has 0 aliphatic rings. The van der Waals surface area contributed by atoms with E-state index in [1.807, 2.05) is 6.92 Å². The van der Waals surface area contributed by atoms with E-state index in [2.05, 4.69) is 5.32 Å². The van der Waals surface area contributed by atoms with Gasteiger partial charge in [0.05, 0.1) is 0 Å². The van der Waals surface area contributed by atoms with Gasteiger partial charge in [0.2, 0.25) is 0 Å². The number of nitrogens with one attached hydrogen (secondary N) is 1. The molecule has 6 heteroatoms. The number of aryl methyl sites for hydroxylation is 1. The Morgan fingerprint density at radius 3 is 2.50 bits per heavy atom. The maximum atomic E-state index is 12.0. The molecule has 0 unspecified atom stereocenters. The maximum Gasteiger partial charge on any atom is 0.336 e. The molecule has 1 amide bonds. The fourth-order valence-corrected chi connectivity index (χ4v) is 2.53. The van der Waals surface area contributed by atoms with E-state index >= 15 is 0 Å². The van der Waals surface area contributed by atoms with Gasteiger partial charge in [0.1, 0.15) is 11.3 Å². The average Bonchev–Trinajstić information content (AvgIpc) is 2.60. The summed E-state index contributed by atoms with van der Waals surface area (Å²) in [6.45, 7) is 3.11. The van der Waals surface area contributed by atoms with Gasteiger partial charge in [-0.25, -0.2) is 4.79 Å². The van der Waals surface area contributed by atoms with E-state index in [-0.39, 0.29) is 18.3 Å². The van der Waals surface area contributed by atoms with Crippen LogP contribution >= 0.6 is 0 Å². The predicted molar refractivity (Wildman–Crippen MR) is 97.8 cm³/mol. The molecule has 0 saturated heterocycles. The number of fused-ring (bicyclic) bond motifs is 1. The summed E-state index contributed by atoms with van der Waals surface area (Å²) in [5, 5.41) is 3.50. The lowest BCUT2D eigenvalue weighted by Crippen LogP contribution is -2.20. The van der Waals surface area contributed by atoms with Crippen molar-refractivity contribution in [1.29, 1.82) is 0 Å². The third kappa shape index (κ3) is 3.97. The molecule has 6 nitrogen and oxygen atoms in total. The number of benzene rings is 2. The van der Waals surface area contributed by atoms with Gasteiger partial charge in [-0.1, -0.05) is 0 Å². The SMILES string of the molecule is CC(=O)c1ccc(NC(=O)COc2ccc3c(C)cc(=O)oc3c2)cc1. The van der Waals surface area contributed by atoms with Crippen molar-refractivity contribution < 1.29 is 18.7 Å². The second-order valence-corrected chi connectivity index (χ2v) is 5.88. The number of hydrogen-bond donors (Lipinski definition) is 1. The standard InChI is InChI=1S/C20H17NO5/c1-12-9-20(24)26-18-10-16(7-8-17(12)18)25-11-19(23)21-15-5-3-14(4-6-15)13(2)22/h3-10H,11H2,1-2H3,(H,21,23). The lowest BCUT2D eigenvalue weighted by Gasteiger charge is -2.09. The van der Waals surface area contributed by atoms with Crippen LogP contribution in [0.2, 0.25) is 0 Å². The second-order valence-electron chi connectivity index (χ2n) is 5.88. The number of hydrogen-bond acceptors (Lipinski definition) is 5. The van der Waals surface area contributed by atoms with Crippen molar-refractivity contribution in [2.75, 3.05) is 11.9 Å². The highest BCUT2D eigenvalue weighted by molar-refractivity contribution is 5.96. The second kappa shape index (κ2) is 7.23. The zero-order valence-corrected chi connectivity index (χ0v) is 14.4. The summed E-state index contributed by atoms with van der Waals surface area (Å²) in [5.41, 5.74) is 1.94. The topological polar surface area (TPSA) is 85.6 Å². The Bertz CT molecular complexity index is 1030. The smallest absolute Gasteiger partial charge is 0.336 e. The van der Waals surface area contributed by atoms with E-state index in [0.29, 0.717) is 22.6 Å². The van der Waals surface area contributed by atoms with E-state index in [9.17, 15) is 14.4 Å². The molecule has 0 aliphatic carbocycles. The summed E-state index contributed by atoms with van der Waals surface area (Å²) in [6, 6.07) is 13.1. The van der Waals surface area contributed by atoms with Gasteiger partial charge >= 0.3 is 5.63 Å². The van der Waals surface area contributed by atoms with Crippen LogP contribution in [0.1, 0.15) is 22.8 Å². The van der Waals surface area contributed by atoms with E-state index in [1.54, 1.807) is 42.5 Å². The average molecular weight is 351 g/mol. The monoisotopic (exact) mass is 351 g/mol. The first-order valence-corrected chi connectivity index (χ1v) is 8.00. The highest BCUT2D eigenvalue weighted by Gasteiger charge is 2.07. The Labute approximate surface area is 149 Å². The van der Waals surface area contributed by atoms with Crippen molar-refractivity contribution in [2.45, 2.75) is 13.8 Å². The van der Waals surface area contributed by atoms with Crippen molar-refractivity contribution in [3.8, 4) is 5.75 Å². The molecule has 0 aliphatic heterocycles. The molecule has 1 aromatic heterocycles. The summed E-state index contributed by atoms with van der Waals surface area (Å²) in [7, 11) is 0. The number of ketones is 1. The van der Waals surface area contributed by atoms with Crippen LogP contribution in [-0.2, 0) is 4.79 Å². The predicted octanol–water partition coefficient (Wildman–Crippen LogP) is 3.32. The molecule has 132 valence electrons. The van der Waals surface area contributed by atoms with Crippen molar-refractivity contribution in [3.05, 3.63) is 70.1 Å². The number of amides is 1. The van der Waals surface area contributed by atoms with Crippen molar-refractivity contribution in [2.24, 2.45) is 0 Å². The summed E-state index contributed by atoms with van der Waals surface area (Å²) in [6.07, 6.45) is 0. The zero-order chi connectivity index (χ0) is 18.7. The van der Waals surface area contributed by atoms with E-state index in [1.165, 1.54) is 13.0 Å². The van der Waals surface area contributed by atoms with Crippen LogP contribution in [0.15, 0.2) is 57.7 Å². The molecule has 0 fully saturated rings. The van der Waals surface area contributed by atoms with Crippen LogP contribution in [0.3, 0.4) is 0 Å². The van der Waals surface area contributed by atoms with Gasteiger partial charge < -0.3 is 14.5 Å². The first-order valence-electron chi connectivity index (χ1n) is 8.00. The van der Waals surface area contributed by atoms with Gasteiger partial charge in [-0.3, -0.25) is 9.59 Å². The van der Waals surface area contributed by atoms with Crippen LogP contribution in [0, 0.1) is 6.92 Å². The van der Waals surface area contributed by atoms with Crippen LogP contribution in [0.25, 0.3) is 11.0 Å². The lowest BCUT2D eigenvalue weighted by atomic mass is 10.1. The maximum absolute atomic E-state index is 12.0. The van der Waals surface area contributed by atoms with Gasteiger partial charge in [0.25, 0.3) is 5.91 Å². The molecule has 26 heavy (non-hydrogen) atoms. The number of ether oxygens (including phenoxy) is 1. The highest BCUT2D eigenvalue weighted by atomic mass is 16.5. The van der Waals surface area contributed by atoms with E-state index in [0.717, 1.165) is 10.9 Å². The highest BCUT2D eigenvalue weighted by Crippen LogP contribution is 2.22. The number of carbonyl (C=O) groups is 2. The van der Waals surface area contributed by atoms with Crippen LogP contribution in [0.4, 0.5) is 5.69 Å². The number of anilines is 1. The Morgan fingerprint density at radius 2 is 1.81 bits per heavy atom. The molecule has 2 aromatic carbocycles. The molecular formula is C20H17NO5. The Hall–Kier alpha value is -3.41. The third-order valence-corrected chi connectivity index (χ3v) is 3.87. The van der Waals surface area contributed by atoms with Crippen LogP contribution in [0.5, 0.6) is 5.75 Å². The third-order valence-electron chi connectivity index (χ3n) is 3.87. The molecular weight excluding hydrogens is 334 g/mol. The quantitative estimate of drug-likeness (QED) is 0.563. The van der Waals surface area contributed by atoms with Gasteiger partial charge in [-0.2, -0.15) is 0 Å². The first-order chi connectivity index (χ1) is 12.4. The number of carbonyl (C=O) groups excluding carboxylic acids is 2. The normalized spacial score (nSPS) is 10.5. The van der Waals surface area contributed by atoms with Crippen molar-refractivity contribution in [3.63, 3.8) is 0 Å². The number of rotatable bonds is 5. The first kappa shape index (κ1) is 17.4. The summed E-state index contributed by atoms with van der Waals surface area (Å²) < 4.78 is 10.6. The van der Waals surface area contributed by atoms with Crippen LogP contribution < -0.4 is 15.7 Å². The fraction of sp³-hybridized carbons (Fsp3) is 0.150.